The van der Waals surface area contributed by atoms with Crippen molar-refractivity contribution in [3.8, 4) is 0 Å². The van der Waals surface area contributed by atoms with Crippen LogP contribution in [0.4, 0.5) is 5.69 Å². The first kappa shape index (κ1) is 7.79. The molecule has 0 aliphatic rings. The van der Waals surface area contributed by atoms with Crippen LogP contribution in [0.5, 0.6) is 0 Å². The molecule has 2 heteroatoms. The van der Waals surface area contributed by atoms with Crippen LogP contribution in [-0.4, -0.2) is 5.78 Å². The van der Waals surface area contributed by atoms with Gasteiger partial charge in [-0.3, -0.25) is 4.79 Å². The first-order valence-corrected chi connectivity index (χ1v) is 3.44. The zero-order valence-electron chi connectivity index (χ0n) is 6.37. The van der Waals surface area contributed by atoms with Crippen LogP contribution < -0.4 is 5.32 Å². The molecule has 0 aromatic heterocycles. The maximum Gasteiger partial charge on any atom is 0.154 e. The molecule has 0 heterocycles. The van der Waals surface area contributed by atoms with E-state index in [2.05, 4.69) is 5.32 Å². The monoisotopic (exact) mass is 148 g/mol. The molecule has 0 amide bonds. The summed E-state index contributed by atoms with van der Waals surface area (Å²) in [5.41, 5.74) is 0.933. The molecule has 0 fully saturated rings. The second-order valence-corrected chi connectivity index (χ2v) is 2.27. The number of carbonyl (C=O) groups is 1. The molecule has 2 nitrogen and oxygen atoms in total. The fourth-order valence-corrected chi connectivity index (χ4v) is 0.719. The van der Waals surface area contributed by atoms with Gasteiger partial charge in [-0.25, -0.2) is 0 Å². The largest absolute Gasteiger partial charge is 0.373 e. The van der Waals surface area contributed by atoms with Crippen molar-refractivity contribution < 1.29 is 4.79 Å². The smallest absolute Gasteiger partial charge is 0.154 e. The van der Waals surface area contributed by atoms with Crippen molar-refractivity contribution >= 4 is 11.5 Å². The van der Waals surface area contributed by atoms with Gasteiger partial charge in [0.1, 0.15) is 6.54 Å². The summed E-state index contributed by atoms with van der Waals surface area (Å²) in [7, 11) is 0. The molecule has 0 spiro atoms. The molecule has 11 heavy (non-hydrogen) atoms. The minimum Gasteiger partial charge on any atom is -0.373 e. The second-order valence-electron chi connectivity index (χ2n) is 2.27. The number of hydrogen-bond acceptors (Lipinski definition) is 2. The molecule has 1 N–H and O–H groups in total. The van der Waals surface area contributed by atoms with Crippen LogP contribution in [0.3, 0.4) is 0 Å². The maximum atomic E-state index is 10.5. The number of Topliss-reactive ketones (excluding diaryl/α,β-unsaturated/α-hetero) is 1. The molecular formula is C9H10NO. The Morgan fingerprint density at radius 3 is 2.55 bits per heavy atom. The van der Waals surface area contributed by atoms with Gasteiger partial charge in [0.25, 0.3) is 0 Å². The van der Waals surface area contributed by atoms with Crippen molar-refractivity contribution in [1.82, 2.24) is 0 Å². The first-order chi connectivity index (χ1) is 5.29. The lowest BCUT2D eigenvalue weighted by molar-refractivity contribution is -0.113. The average molecular weight is 148 g/mol. The summed E-state index contributed by atoms with van der Waals surface area (Å²) in [6, 6.07) is 9.56. The lowest BCUT2D eigenvalue weighted by Crippen LogP contribution is -2.01. The molecule has 1 rings (SSSR count). The Labute approximate surface area is 66.2 Å². The zero-order chi connectivity index (χ0) is 8.10. The van der Waals surface area contributed by atoms with Gasteiger partial charge in [-0.2, -0.15) is 0 Å². The predicted molar refractivity (Wildman–Crippen MR) is 45.0 cm³/mol. The molecule has 0 unspecified atom stereocenters. The second kappa shape index (κ2) is 3.76. The van der Waals surface area contributed by atoms with Gasteiger partial charge in [0.05, 0.1) is 0 Å². The maximum absolute atomic E-state index is 10.5. The number of para-hydroxylation sites is 1. The van der Waals surface area contributed by atoms with Crippen LogP contribution in [-0.2, 0) is 4.79 Å². The number of anilines is 1. The van der Waals surface area contributed by atoms with Crippen LogP contribution in [0.1, 0.15) is 6.92 Å². The molecular weight excluding hydrogens is 138 g/mol. The van der Waals surface area contributed by atoms with Crippen molar-refractivity contribution in [3.63, 3.8) is 0 Å². The van der Waals surface area contributed by atoms with E-state index < -0.39 is 0 Å². The summed E-state index contributed by atoms with van der Waals surface area (Å²) in [5.74, 6) is 0.0221. The molecule has 0 aliphatic heterocycles. The molecule has 0 aliphatic carbocycles. The van der Waals surface area contributed by atoms with Gasteiger partial charge in [0, 0.05) is 5.69 Å². The third kappa shape index (κ3) is 2.85. The van der Waals surface area contributed by atoms with E-state index in [1.54, 1.807) is 0 Å². The number of carbonyl (C=O) groups excluding carboxylic acids is 1. The van der Waals surface area contributed by atoms with E-state index in [9.17, 15) is 4.79 Å². The Morgan fingerprint density at radius 2 is 2.00 bits per heavy atom. The Kier molecular flexibility index (Phi) is 2.66. The lowest BCUT2D eigenvalue weighted by Gasteiger charge is -2.00. The summed E-state index contributed by atoms with van der Waals surface area (Å²) in [6.07, 6.45) is 0. The van der Waals surface area contributed by atoms with Crippen molar-refractivity contribution in [2.24, 2.45) is 0 Å². The summed E-state index contributed by atoms with van der Waals surface area (Å²) in [4.78, 5) is 10.5. The van der Waals surface area contributed by atoms with E-state index in [1.807, 2.05) is 30.3 Å². The Morgan fingerprint density at radius 1 is 1.36 bits per heavy atom. The van der Waals surface area contributed by atoms with E-state index in [0.717, 1.165) is 5.69 Å². The van der Waals surface area contributed by atoms with E-state index in [0.29, 0.717) is 0 Å². The highest BCUT2D eigenvalue weighted by atomic mass is 16.1. The standard InChI is InChI=1S/C9H10NO/c1-8(11)7-10-9-5-3-2-4-6-9/h2-7,10H,1H3. The number of hydrogen-bond donors (Lipinski definition) is 1. The topological polar surface area (TPSA) is 29.1 Å². The molecule has 57 valence electrons. The number of ketones is 1. The van der Waals surface area contributed by atoms with E-state index >= 15 is 0 Å². The molecule has 0 bridgehead atoms. The van der Waals surface area contributed by atoms with Crippen molar-refractivity contribution in [1.29, 1.82) is 0 Å². The lowest BCUT2D eigenvalue weighted by atomic mass is 10.3. The minimum atomic E-state index is 0.0221. The highest BCUT2D eigenvalue weighted by molar-refractivity contribution is 5.86. The van der Waals surface area contributed by atoms with Gasteiger partial charge in [0.2, 0.25) is 0 Å². The van der Waals surface area contributed by atoms with Crippen molar-refractivity contribution in [3.05, 3.63) is 36.9 Å². The minimum absolute atomic E-state index is 0.0221. The summed E-state index contributed by atoms with van der Waals surface area (Å²) < 4.78 is 0. The fourth-order valence-electron chi connectivity index (χ4n) is 0.719. The molecule has 0 saturated carbocycles. The van der Waals surface area contributed by atoms with E-state index in [4.69, 9.17) is 0 Å². The quantitative estimate of drug-likeness (QED) is 0.708. The number of benzene rings is 1. The van der Waals surface area contributed by atoms with Crippen molar-refractivity contribution in [2.45, 2.75) is 6.92 Å². The van der Waals surface area contributed by atoms with E-state index in [-0.39, 0.29) is 5.78 Å². The van der Waals surface area contributed by atoms with Crippen molar-refractivity contribution in [2.75, 3.05) is 5.32 Å². The number of nitrogens with one attached hydrogen (secondary N) is 1. The predicted octanol–water partition coefficient (Wildman–Crippen LogP) is 1.85. The Hall–Kier alpha value is -1.31. The molecule has 0 atom stereocenters. The summed E-state index contributed by atoms with van der Waals surface area (Å²) in [5, 5.41) is 2.87. The molecule has 1 aromatic carbocycles. The van der Waals surface area contributed by atoms with E-state index in [1.165, 1.54) is 13.5 Å². The van der Waals surface area contributed by atoms with Crippen LogP contribution in [0.15, 0.2) is 30.3 Å². The van der Waals surface area contributed by atoms with Crippen LogP contribution in [0.2, 0.25) is 0 Å². The molecule has 0 saturated heterocycles. The Bertz CT molecular complexity index is 231. The SMILES string of the molecule is CC(=O)[CH]Nc1ccccc1. The van der Waals surface area contributed by atoms with Gasteiger partial charge in [-0.05, 0) is 19.1 Å². The molecule has 1 radical (unpaired) electrons. The van der Waals surface area contributed by atoms with Gasteiger partial charge >= 0.3 is 0 Å². The molecule has 1 aromatic rings. The summed E-state index contributed by atoms with van der Waals surface area (Å²) in [6.45, 7) is 2.95. The van der Waals surface area contributed by atoms with Gasteiger partial charge in [-0.15, -0.1) is 0 Å². The van der Waals surface area contributed by atoms with Crippen LogP contribution in [0, 0.1) is 6.54 Å². The number of rotatable bonds is 3. The van der Waals surface area contributed by atoms with Gasteiger partial charge in [-0.1, -0.05) is 18.2 Å². The fraction of sp³-hybridized carbons (Fsp3) is 0.111. The highest BCUT2D eigenvalue weighted by Crippen LogP contribution is 2.04. The van der Waals surface area contributed by atoms with Crippen LogP contribution in [0.25, 0.3) is 0 Å². The average Bonchev–Trinajstić information content (AvgIpc) is 2.03. The van der Waals surface area contributed by atoms with Gasteiger partial charge in [0.15, 0.2) is 5.78 Å². The van der Waals surface area contributed by atoms with Gasteiger partial charge < -0.3 is 5.32 Å². The third-order valence-electron chi connectivity index (χ3n) is 1.22. The normalized spacial score (nSPS) is 9.18. The third-order valence-corrected chi connectivity index (χ3v) is 1.22. The zero-order valence-corrected chi connectivity index (χ0v) is 6.37. The highest BCUT2D eigenvalue weighted by Gasteiger charge is 1.92. The summed E-state index contributed by atoms with van der Waals surface area (Å²) >= 11 is 0. The van der Waals surface area contributed by atoms with Crippen LogP contribution >= 0.6 is 0 Å². The first-order valence-electron chi connectivity index (χ1n) is 3.44. The Balaban J connectivity index is 2.45.